The van der Waals surface area contributed by atoms with Gasteiger partial charge in [-0.15, -0.1) is 0 Å². The highest BCUT2D eigenvalue weighted by Gasteiger charge is 1.96. The van der Waals surface area contributed by atoms with E-state index < -0.39 is 0 Å². The SMILES string of the molecule is Cc1cccc(Nc2nc(=S)[nH]c(=S)[nH]2)c1. The van der Waals surface area contributed by atoms with E-state index in [-0.39, 0.29) is 0 Å². The Morgan fingerprint density at radius 3 is 2.75 bits per heavy atom. The van der Waals surface area contributed by atoms with Crippen LogP contribution in [0.15, 0.2) is 24.3 Å². The zero-order chi connectivity index (χ0) is 11.5. The molecule has 0 aliphatic carbocycles. The summed E-state index contributed by atoms with van der Waals surface area (Å²) in [5.41, 5.74) is 2.11. The van der Waals surface area contributed by atoms with Crippen LogP contribution in [0.4, 0.5) is 11.6 Å². The van der Waals surface area contributed by atoms with E-state index in [1.54, 1.807) is 0 Å². The van der Waals surface area contributed by atoms with Crippen molar-refractivity contribution in [3.63, 3.8) is 0 Å². The third-order valence-corrected chi connectivity index (χ3v) is 2.34. The van der Waals surface area contributed by atoms with Crippen LogP contribution in [0.25, 0.3) is 0 Å². The van der Waals surface area contributed by atoms with Crippen molar-refractivity contribution >= 4 is 36.1 Å². The number of benzene rings is 1. The van der Waals surface area contributed by atoms with Crippen LogP contribution >= 0.6 is 24.4 Å². The van der Waals surface area contributed by atoms with E-state index in [0.29, 0.717) is 15.5 Å². The normalized spacial score (nSPS) is 10.1. The lowest BCUT2D eigenvalue weighted by Crippen LogP contribution is -1.99. The van der Waals surface area contributed by atoms with Gasteiger partial charge >= 0.3 is 0 Å². The molecule has 6 heteroatoms. The topological polar surface area (TPSA) is 56.5 Å². The number of rotatable bonds is 2. The minimum atomic E-state index is 0.360. The molecule has 0 bridgehead atoms. The lowest BCUT2D eigenvalue weighted by molar-refractivity contribution is 1.01. The molecule has 0 aliphatic heterocycles. The van der Waals surface area contributed by atoms with Gasteiger partial charge < -0.3 is 15.3 Å². The summed E-state index contributed by atoms with van der Waals surface area (Å²) in [5, 5.41) is 3.11. The van der Waals surface area contributed by atoms with Gasteiger partial charge in [0, 0.05) is 5.69 Å². The van der Waals surface area contributed by atoms with Crippen molar-refractivity contribution in [1.29, 1.82) is 0 Å². The van der Waals surface area contributed by atoms with Crippen molar-refractivity contribution in [1.82, 2.24) is 15.0 Å². The van der Waals surface area contributed by atoms with Gasteiger partial charge in [-0.1, -0.05) is 12.1 Å². The number of nitrogens with zero attached hydrogens (tertiary/aromatic N) is 1. The standard InChI is InChI=1S/C10H10N4S2/c1-6-3-2-4-7(5-6)11-8-12-9(15)14-10(16)13-8/h2-5H,1H3,(H3,11,12,13,14,15,16). The first-order chi connectivity index (χ1) is 7.63. The third kappa shape index (κ3) is 2.74. The monoisotopic (exact) mass is 250 g/mol. The summed E-state index contributed by atoms with van der Waals surface area (Å²) in [5.74, 6) is 0.541. The van der Waals surface area contributed by atoms with Crippen molar-refractivity contribution < 1.29 is 0 Å². The molecule has 2 rings (SSSR count). The van der Waals surface area contributed by atoms with E-state index in [2.05, 4.69) is 20.3 Å². The largest absolute Gasteiger partial charge is 0.326 e. The number of hydrogen-bond donors (Lipinski definition) is 3. The fourth-order valence-corrected chi connectivity index (χ4v) is 1.76. The second-order valence-electron chi connectivity index (χ2n) is 3.34. The maximum Gasteiger partial charge on any atom is 0.209 e. The molecule has 0 amide bonds. The van der Waals surface area contributed by atoms with Gasteiger partial charge in [0.25, 0.3) is 0 Å². The van der Waals surface area contributed by atoms with Crippen LogP contribution < -0.4 is 5.32 Å². The summed E-state index contributed by atoms with van der Waals surface area (Å²) in [4.78, 5) is 9.70. The lowest BCUT2D eigenvalue weighted by atomic mass is 10.2. The predicted octanol–water partition coefficient (Wildman–Crippen LogP) is 3.25. The number of aryl methyl sites for hydroxylation is 1. The molecule has 82 valence electrons. The Hall–Kier alpha value is -1.53. The molecule has 0 radical (unpaired) electrons. The van der Waals surface area contributed by atoms with E-state index in [1.165, 1.54) is 5.56 Å². The molecule has 1 heterocycles. The predicted molar refractivity (Wildman–Crippen MR) is 69.1 cm³/mol. The minimum absolute atomic E-state index is 0.360. The Balaban J connectivity index is 2.34. The maximum absolute atomic E-state index is 4.97. The zero-order valence-electron chi connectivity index (χ0n) is 8.57. The first kappa shape index (κ1) is 11.0. The number of aromatic nitrogens is 3. The molecule has 3 N–H and O–H groups in total. The number of H-pyrrole nitrogens is 2. The molecule has 2 aromatic rings. The van der Waals surface area contributed by atoms with Crippen molar-refractivity contribution in [2.24, 2.45) is 0 Å². The van der Waals surface area contributed by atoms with Gasteiger partial charge in [-0.25, -0.2) is 0 Å². The van der Waals surface area contributed by atoms with Crippen molar-refractivity contribution in [2.45, 2.75) is 6.92 Å². The summed E-state index contributed by atoms with van der Waals surface area (Å²) in [6.07, 6.45) is 0. The molecular formula is C10H10N4S2. The minimum Gasteiger partial charge on any atom is -0.326 e. The van der Waals surface area contributed by atoms with Gasteiger partial charge in [0.1, 0.15) is 0 Å². The number of nitrogens with one attached hydrogen (secondary N) is 3. The van der Waals surface area contributed by atoms with Gasteiger partial charge in [0.2, 0.25) is 10.7 Å². The average molecular weight is 250 g/mol. The van der Waals surface area contributed by atoms with Crippen LogP contribution in [-0.2, 0) is 0 Å². The summed E-state index contributed by atoms with van der Waals surface area (Å²) in [6.45, 7) is 2.03. The molecule has 0 atom stereocenters. The molecule has 0 fully saturated rings. The summed E-state index contributed by atoms with van der Waals surface area (Å²) in [7, 11) is 0. The molecular weight excluding hydrogens is 240 g/mol. The Labute approximate surface area is 103 Å². The Kier molecular flexibility index (Phi) is 3.12. The Morgan fingerprint density at radius 1 is 1.25 bits per heavy atom. The average Bonchev–Trinajstić information content (AvgIpc) is 2.15. The van der Waals surface area contributed by atoms with Gasteiger partial charge in [-0.3, -0.25) is 0 Å². The smallest absolute Gasteiger partial charge is 0.209 e. The van der Waals surface area contributed by atoms with E-state index in [4.69, 9.17) is 24.4 Å². The van der Waals surface area contributed by atoms with Crippen LogP contribution in [0.2, 0.25) is 0 Å². The van der Waals surface area contributed by atoms with Crippen LogP contribution in [0.5, 0.6) is 0 Å². The lowest BCUT2D eigenvalue weighted by Gasteiger charge is -2.05. The van der Waals surface area contributed by atoms with E-state index in [1.807, 2.05) is 31.2 Å². The fraction of sp³-hybridized carbons (Fsp3) is 0.100. The van der Waals surface area contributed by atoms with Crippen LogP contribution in [-0.4, -0.2) is 15.0 Å². The van der Waals surface area contributed by atoms with Gasteiger partial charge in [-0.05, 0) is 49.1 Å². The Morgan fingerprint density at radius 2 is 2.06 bits per heavy atom. The molecule has 4 nitrogen and oxygen atoms in total. The van der Waals surface area contributed by atoms with Crippen molar-refractivity contribution in [3.05, 3.63) is 39.4 Å². The molecule has 1 aromatic carbocycles. The highest BCUT2D eigenvalue weighted by Crippen LogP contribution is 2.13. The molecule has 16 heavy (non-hydrogen) atoms. The molecule has 0 aliphatic rings. The summed E-state index contributed by atoms with van der Waals surface area (Å²) in [6, 6.07) is 7.96. The second kappa shape index (κ2) is 4.54. The quantitative estimate of drug-likeness (QED) is 0.716. The van der Waals surface area contributed by atoms with Crippen molar-refractivity contribution in [2.75, 3.05) is 5.32 Å². The molecule has 0 spiro atoms. The van der Waals surface area contributed by atoms with Crippen LogP contribution in [0.1, 0.15) is 5.56 Å². The zero-order valence-corrected chi connectivity index (χ0v) is 10.2. The summed E-state index contributed by atoms with van der Waals surface area (Å²) < 4.78 is 0.814. The van der Waals surface area contributed by atoms with Crippen LogP contribution in [0, 0.1) is 16.5 Å². The fourth-order valence-electron chi connectivity index (χ4n) is 1.31. The third-order valence-electron chi connectivity index (χ3n) is 1.95. The first-order valence-corrected chi connectivity index (χ1v) is 5.49. The second-order valence-corrected chi connectivity index (χ2v) is 4.13. The molecule has 1 aromatic heterocycles. The Bertz CT molecular complexity index is 586. The number of hydrogen-bond acceptors (Lipinski definition) is 4. The van der Waals surface area contributed by atoms with Gasteiger partial charge in [0.05, 0.1) is 0 Å². The first-order valence-electron chi connectivity index (χ1n) is 4.68. The maximum atomic E-state index is 4.97. The van der Waals surface area contributed by atoms with E-state index >= 15 is 0 Å². The molecule has 0 saturated heterocycles. The highest BCUT2D eigenvalue weighted by molar-refractivity contribution is 7.71. The van der Waals surface area contributed by atoms with Gasteiger partial charge in [-0.2, -0.15) is 4.98 Å². The number of aromatic amines is 2. The molecule has 0 saturated carbocycles. The van der Waals surface area contributed by atoms with Gasteiger partial charge in [0.15, 0.2) is 4.77 Å². The number of anilines is 2. The molecule has 0 unspecified atom stereocenters. The van der Waals surface area contributed by atoms with E-state index in [9.17, 15) is 0 Å². The van der Waals surface area contributed by atoms with E-state index in [0.717, 1.165) is 5.69 Å². The summed E-state index contributed by atoms with van der Waals surface area (Å²) >= 11 is 9.91. The van der Waals surface area contributed by atoms with Crippen LogP contribution in [0.3, 0.4) is 0 Å². The highest BCUT2D eigenvalue weighted by atomic mass is 32.1. The van der Waals surface area contributed by atoms with Crippen molar-refractivity contribution in [3.8, 4) is 0 Å².